The van der Waals surface area contributed by atoms with Crippen molar-refractivity contribution in [3.8, 4) is 0 Å². The molecule has 0 radical (unpaired) electrons. The fourth-order valence-corrected chi connectivity index (χ4v) is 4.65. The van der Waals surface area contributed by atoms with Gasteiger partial charge in [-0.15, -0.1) is 23.5 Å². The highest BCUT2D eigenvalue weighted by Crippen LogP contribution is 2.35. The van der Waals surface area contributed by atoms with E-state index in [0.717, 1.165) is 11.0 Å². The van der Waals surface area contributed by atoms with Gasteiger partial charge in [0.1, 0.15) is 0 Å². The predicted octanol–water partition coefficient (Wildman–Crippen LogP) is 4.73. The molecule has 0 aliphatic carbocycles. The van der Waals surface area contributed by atoms with Gasteiger partial charge in [-0.3, -0.25) is 0 Å². The minimum atomic E-state index is 0.847. The van der Waals surface area contributed by atoms with E-state index in [0.29, 0.717) is 0 Å². The summed E-state index contributed by atoms with van der Waals surface area (Å²) < 4.78 is 0.847. The molecule has 2 heteroatoms. The van der Waals surface area contributed by atoms with Crippen LogP contribution in [-0.2, 0) is 12.2 Å². The van der Waals surface area contributed by atoms with E-state index in [1.165, 1.54) is 41.9 Å². The minimum Gasteiger partial charge on any atom is -0.148 e. The van der Waals surface area contributed by atoms with E-state index < -0.39 is 0 Å². The summed E-state index contributed by atoms with van der Waals surface area (Å²) in [5, 5.41) is 0. The molecule has 0 nitrogen and oxygen atoms in total. The molecule has 1 aliphatic rings. The normalized spacial score (nSPS) is 20.9. The fourth-order valence-electron chi connectivity index (χ4n) is 1.90. The number of aryl methyl sites for hydroxylation is 1. The van der Waals surface area contributed by atoms with Crippen LogP contribution in [0.25, 0.3) is 0 Å². The van der Waals surface area contributed by atoms with Gasteiger partial charge in [-0.2, -0.15) is 0 Å². The summed E-state index contributed by atoms with van der Waals surface area (Å²) in [6, 6.07) is 9.12. The van der Waals surface area contributed by atoms with Crippen molar-refractivity contribution < 1.29 is 0 Å². The van der Waals surface area contributed by atoms with Crippen molar-refractivity contribution in [2.24, 2.45) is 0 Å². The van der Waals surface area contributed by atoms with E-state index in [1.54, 1.807) is 0 Å². The molecule has 1 fully saturated rings. The number of thioether (sulfide) groups is 2. The van der Waals surface area contributed by atoms with Gasteiger partial charge in [-0.25, -0.2) is 0 Å². The van der Waals surface area contributed by atoms with Crippen LogP contribution in [0, 0.1) is 0 Å². The van der Waals surface area contributed by atoms with Gasteiger partial charge < -0.3 is 0 Å². The van der Waals surface area contributed by atoms with E-state index in [2.05, 4.69) is 54.7 Å². The van der Waals surface area contributed by atoms with Gasteiger partial charge in [0.05, 0.1) is 4.58 Å². The molecule has 1 aromatic rings. The molecule has 1 saturated heterocycles. The summed E-state index contributed by atoms with van der Waals surface area (Å²) in [6.45, 7) is 2.21. The highest BCUT2D eigenvalue weighted by Gasteiger charge is 2.13. The molecule has 2 rings (SSSR count). The molecule has 16 heavy (non-hydrogen) atoms. The van der Waals surface area contributed by atoms with Gasteiger partial charge in [0.15, 0.2) is 0 Å². The lowest BCUT2D eigenvalue weighted by Gasteiger charge is -2.20. The monoisotopic (exact) mass is 252 g/mol. The number of hydrogen-bond donors (Lipinski definition) is 0. The van der Waals surface area contributed by atoms with Crippen LogP contribution in [0.3, 0.4) is 0 Å². The maximum Gasteiger partial charge on any atom is 0.0505 e. The summed E-state index contributed by atoms with van der Waals surface area (Å²) in [6.07, 6.45) is 5.40. The standard InChI is InChI=1S/C14H20S2/c1-2-12-6-8-13(9-7-12)11-16-14-5-3-4-10-15-14/h6-9,14H,2-5,10-11H2,1H3. The van der Waals surface area contributed by atoms with Crippen LogP contribution in [0.5, 0.6) is 0 Å². The van der Waals surface area contributed by atoms with Crippen LogP contribution in [0.4, 0.5) is 0 Å². The quantitative estimate of drug-likeness (QED) is 0.760. The van der Waals surface area contributed by atoms with Crippen LogP contribution >= 0.6 is 23.5 Å². The summed E-state index contributed by atoms with van der Waals surface area (Å²) in [7, 11) is 0. The van der Waals surface area contributed by atoms with Crippen molar-refractivity contribution in [3.05, 3.63) is 35.4 Å². The number of rotatable bonds is 4. The Morgan fingerprint density at radius 3 is 2.56 bits per heavy atom. The second kappa shape index (κ2) is 6.61. The zero-order chi connectivity index (χ0) is 11.2. The van der Waals surface area contributed by atoms with Gasteiger partial charge in [0.2, 0.25) is 0 Å². The maximum absolute atomic E-state index is 2.29. The zero-order valence-electron chi connectivity index (χ0n) is 9.95. The first-order chi connectivity index (χ1) is 7.88. The first-order valence-corrected chi connectivity index (χ1v) is 8.29. The molecule has 1 atom stereocenters. The molecule has 88 valence electrons. The van der Waals surface area contributed by atoms with Crippen LogP contribution in [0.1, 0.15) is 37.3 Å². The summed E-state index contributed by atoms with van der Waals surface area (Å²) in [4.78, 5) is 0. The van der Waals surface area contributed by atoms with Crippen molar-refractivity contribution in [2.75, 3.05) is 5.75 Å². The highest BCUT2D eigenvalue weighted by molar-refractivity contribution is 8.16. The summed E-state index contributed by atoms with van der Waals surface area (Å²) in [5.41, 5.74) is 2.93. The Morgan fingerprint density at radius 1 is 1.19 bits per heavy atom. The number of hydrogen-bond acceptors (Lipinski definition) is 2. The van der Waals surface area contributed by atoms with E-state index in [-0.39, 0.29) is 0 Å². The first-order valence-electron chi connectivity index (χ1n) is 6.19. The average Bonchev–Trinajstić information content (AvgIpc) is 2.38. The molecular weight excluding hydrogens is 232 g/mol. The van der Waals surface area contributed by atoms with Crippen molar-refractivity contribution in [2.45, 2.75) is 42.9 Å². The predicted molar refractivity (Wildman–Crippen MR) is 77.2 cm³/mol. The number of benzene rings is 1. The third-order valence-corrected chi connectivity index (χ3v) is 6.06. The Morgan fingerprint density at radius 2 is 1.94 bits per heavy atom. The summed E-state index contributed by atoms with van der Waals surface area (Å²) >= 11 is 4.28. The van der Waals surface area contributed by atoms with Crippen molar-refractivity contribution in [1.82, 2.24) is 0 Å². The molecular formula is C14H20S2. The average molecular weight is 252 g/mol. The Hall–Kier alpha value is -0.0800. The lowest BCUT2D eigenvalue weighted by Crippen LogP contribution is -2.05. The molecule has 0 spiro atoms. The van der Waals surface area contributed by atoms with Crippen molar-refractivity contribution in [1.29, 1.82) is 0 Å². The fraction of sp³-hybridized carbons (Fsp3) is 0.571. The molecule has 0 bridgehead atoms. The van der Waals surface area contributed by atoms with Crippen LogP contribution < -0.4 is 0 Å². The Bertz CT molecular complexity index is 299. The van der Waals surface area contributed by atoms with Gasteiger partial charge in [-0.05, 0) is 36.1 Å². The van der Waals surface area contributed by atoms with E-state index in [9.17, 15) is 0 Å². The molecule has 0 N–H and O–H groups in total. The SMILES string of the molecule is CCc1ccc(CSC2CCCCS2)cc1. The van der Waals surface area contributed by atoms with Gasteiger partial charge in [-0.1, -0.05) is 37.6 Å². The molecule has 1 unspecified atom stereocenters. The third-order valence-electron chi connectivity index (χ3n) is 3.01. The van der Waals surface area contributed by atoms with Crippen molar-refractivity contribution >= 4 is 23.5 Å². The second-order valence-corrected chi connectivity index (χ2v) is 7.08. The lowest BCUT2D eigenvalue weighted by molar-refractivity contribution is 0.747. The molecule has 0 aromatic heterocycles. The molecule has 1 heterocycles. The van der Waals surface area contributed by atoms with Gasteiger partial charge >= 0.3 is 0 Å². The maximum atomic E-state index is 2.29. The van der Waals surface area contributed by atoms with Gasteiger partial charge in [0.25, 0.3) is 0 Å². The van der Waals surface area contributed by atoms with Crippen LogP contribution in [0.15, 0.2) is 24.3 Å². The molecule has 0 saturated carbocycles. The van der Waals surface area contributed by atoms with Crippen LogP contribution in [-0.4, -0.2) is 10.3 Å². The molecule has 1 aromatic carbocycles. The Balaban J connectivity index is 1.79. The molecule has 0 amide bonds. The highest BCUT2D eigenvalue weighted by atomic mass is 32.2. The van der Waals surface area contributed by atoms with E-state index in [4.69, 9.17) is 0 Å². The Kier molecular flexibility index (Phi) is 5.11. The van der Waals surface area contributed by atoms with Gasteiger partial charge in [0, 0.05) is 5.75 Å². The smallest absolute Gasteiger partial charge is 0.0505 e. The summed E-state index contributed by atoms with van der Waals surface area (Å²) in [5.74, 6) is 2.55. The third kappa shape index (κ3) is 3.74. The lowest BCUT2D eigenvalue weighted by atomic mass is 10.1. The zero-order valence-corrected chi connectivity index (χ0v) is 11.6. The van der Waals surface area contributed by atoms with Crippen molar-refractivity contribution in [3.63, 3.8) is 0 Å². The molecule has 1 aliphatic heterocycles. The first kappa shape index (κ1) is 12.4. The topological polar surface area (TPSA) is 0 Å². The minimum absolute atomic E-state index is 0.847. The van der Waals surface area contributed by atoms with E-state index in [1.807, 2.05) is 0 Å². The second-order valence-electron chi connectivity index (χ2n) is 4.28. The van der Waals surface area contributed by atoms with E-state index >= 15 is 0 Å². The van der Waals surface area contributed by atoms with Crippen LogP contribution in [0.2, 0.25) is 0 Å². The Labute approximate surface area is 108 Å². The largest absolute Gasteiger partial charge is 0.148 e.